The smallest absolute Gasteiger partial charge is 0.328 e. The van der Waals surface area contributed by atoms with E-state index in [4.69, 9.17) is 18.0 Å². The van der Waals surface area contributed by atoms with Crippen LogP contribution < -0.4 is 17.0 Å². The summed E-state index contributed by atoms with van der Waals surface area (Å²) in [5.74, 6) is -0.472. The molecule has 7 heteroatoms. The molecule has 0 radical (unpaired) electrons. The number of nitrogens with zero attached hydrogens (tertiary/aromatic N) is 1. The summed E-state index contributed by atoms with van der Waals surface area (Å²) < 4.78 is 15.0. The van der Waals surface area contributed by atoms with Crippen molar-refractivity contribution in [1.82, 2.24) is 9.55 Å². The van der Waals surface area contributed by atoms with Crippen LogP contribution in [0.5, 0.6) is 0 Å². The second-order valence-electron chi connectivity index (χ2n) is 4.37. The van der Waals surface area contributed by atoms with Crippen molar-refractivity contribution in [3.63, 3.8) is 0 Å². The lowest BCUT2D eigenvalue weighted by Gasteiger charge is -2.09. The summed E-state index contributed by atoms with van der Waals surface area (Å²) in [4.78, 5) is 25.3. The first kappa shape index (κ1) is 14.1. The minimum atomic E-state index is -0.597. The van der Waals surface area contributed by atoms with Crippen molar-refractivity contribution in [2.75, 3.05) is 0 Å². The van der Waals surface area contributed by atoms with E-state index in [1.54, 1.807) is 6.92 Å². The maximum atomic E-state index is 13.8. The van der Waals surface area contributed by atoms with Gasteiger partial charge >= 0.3 is 5.69 Å². The molecule has 0 aliphatic heterocycles. The molecule has 0 bridgehead atoms. The number of aryl methyl sites for hydroxylation is 1. The number of hydrogen-bond donors (Lipinski definition) is 2. The van der Waals surface area contributed by atoms with Crippen molar-refractivity contribution < 1.29 is 4.39 Å². The fourth-order valence-corrected chi connectivity index (χ4v) is 1.90. The maximum absolute atomic E-state index is 13.8. The van der Waals surface area contributed by atoms with Crippen molar-refractivity contribution >= 4 is 17.2 Å². The number of nitrogens with one attached hydrogen (secondary N) is 1. The lowest BCUT2D eigenvalue weighted by atomic mass is 10.1. The molecule has 1 aromatic heterocycles. The number of nitrogens with two attached hydrogens (primary N) is 1. The molecular weight excluding hydrogens is 281 g/mol. The molecule has 0 saturated heterocycles. The summed E-state index contributed by atoms with van der Waals surface area (Å²) in [7, 11) is 0. The number of rotatable bonds is 3. The molecule has 2 aromatic rings. The Hall–Kier alpha value is -2.28. The quantitative estimate of drug-likeness (QED) is 0.815. The molecule has 0 aliphatic rings. The lowest BCUT2D eigenvalue weighted by Crippen LogP contribution is -2.31. The summed E-state index contributed by atoms with van der Waals surface area (Å²) in [6.07, 6.45) is 1.38. The highest BCUT2D eigenvalue weighted by Crippen LogP contribution is 2.11. The van der Waals surface area contributed by atoms with E-state index in [9.17, 15) is 14.0 Å². The Labute approximate surface area is 118 Å². The van der Waals surface area contributed by atoms with Gasteiger partial charge in [-0.25, -0.2) is 9.18 Å². The molecule has 1 aromatic carbocycles. The number of aromatic nitrogens is 2. The molecule has 0 unspecified atom stereocenters. The number of H-pyrrole nitrogens is 1. The molecule has 0 aliphatic carbocycles. The Balaban J connectivity index is 2.47. The third-order valence-corrected chi connectivity index (χ3v) is 3.10. The van der Waals surface area contributed by atoms with E-state index < -0.39 is 17.1 Å². The topological polar surface area (TPSA) is 80.9 Å². The van der Waals surface area contributed by atoms with Gasteiger partial charge in [0.05, 0.1) is 6.54 Å². The predicted molar refractivity (Wildman–Crippen MR) is 77.4 cm³/mol. The van der Waals surface area contributed by atoms with Gasteiger partial charge in [0.2, 0.25) is 0 Å². The van der Waals surface area contributed by atoms with Crippen LogP contribution in [0, 0.1) is 12.7 Å². The monoisotopic (exact) mass is 293 g/mol. The number of halogens is 1. The molecule has 20 heavy (non-hydrogen) atoms. The molecule has 2 rings (SSSR count). The standard InChI is InChI=1S/C13H12FN3O2S/c1-7-5-17(13(19)16-12(7)18)6-9-4-8(11(15)20)2-3-10(9)14/h2-5H,6H2,1H3,(H2,15,20)(H,16,18,19). The number of aromatic amines is 1. The number of thiocarbonyl (C=S) groups is 1. The second-order valence-corrected chi connectivity index (χ2v) is 4.81. The largest absolute Gasteiger partial charge is 0.389 e. The molecule has 0 saturated carbocycles. The highest BCUT2D eigenvalue weighted by atomic mass is 32.1. The highest BCUT2D eigenvalue weighted by Gasteiger charge is 2.08. The molecule has 104 valence electrons. The summed E-state index contributed by atoms with van der Waals surface area (Å²) >= 11 is 4.83. The van der Waals surface area contributed by atoms with Crippen LogP contribution in [0.3, 0.4) is 0 Å². The van der Waals surface area contributed by atoms with Gasteiger partial charge in [-0.05, 0) is 25.1 Å². The van der Waals surface area contributed by atoms with Crippen LogP contribution >= 0.6 is 12.2 Å². The van der Waals surface area contributed by atoms with Crippen molar-refractivity contribution in [3.05, 3.63) is 67.7 Å². The van der Waals surface area contributed by atoms with Gasteiger partial charge in [0.15, 0.2) is 0 Å². The van der Waals surface area contributed by atoms with Gasteiger partial charge < -0.3 is 5.73 Å². The molecule has 0 amide bonds. The minimum absolute atomic E-state index is 0.0151. The Morgan fingerprint density at radius 2 is 2.15 bits per heavy atom. The summed E-state index contributed by atoms with van der Waals surface area (Å²) in [5, 5.41) is 0. The van der Waals surface area contributed by atoms with Crippen LogP contribution in [-0.4, -0.2) is 14.5 Å². The van der Waals surface area contributed by atoms with E-state index in [0.29, 0.717) is 11.1 Å². The van der Waals surface area contributed by atoms with E-state index >= 15 is 0 Å². The van der Waals surface area contributed by atoms with Gasteiger partial charge in [0, 0.05) is 22.9 Å². The van der Waals surface area contributed by atoms with E-state index in [1.165, 1.54) is 29.0 Å². The second kappa shape index (κ2) is 5.38. The zero-order chi connectivity index (χ0) is 14.9. The van der Waals surface area contributed by atoms with Crippen LogP contribution in [0.4, 0.5) is 4.39 Å². The fourth-order valence-electron chi connectivity index (χ4n) is 1.77. The van der Waals surface area contributed by atoms with Crippen molar-refractivity contribution in [2.45, 2.75) is 13.5 Å². The first-order valence-electron chi connectivity index (χ1n) is 5.77. The van der Waals surface area contributed by atoms with Crippen LogP contribution in [-0.2, 0) is 6.54 Å². The average Bonchev–Trinajstić information content (AvgIpc) is 2.38. The van der Waals surface area contributed by atoms with Crippen LogP contribution in [0.25, 0.3) is 0 Å². The van der Waals surface area contributed by atoms with Gasteiger partial charge in [-0.2, -0.15) is 0 Å². The van der Waals surface area contributed by atoms with Gasteiger partial charge in [-0.1, -0.05) is 12.2 Å². The molecule has 0 spiro atoms. The first-order chi connectivity index (χ1) is 9.38. The minimum Gasteiger partial charge on any atom is -0.389 e. The van der Waals surface area contributed by atoms with Crippen LogP contribution in [0.1, 0.15) is 16.7 Å². The molecule has 5 nitrogen and oxygen atoms in total. The van der Waals surface area contributed by atoms with E-state index in [-0.39, 0.29) is 17.1 Å². The Bertz CT molecular complexity index is 795. The number of benzene rings is 1. The Kier molecular flexibility index (Phi) is 3.80. The zero-order valence-corrected chi connectivity index (χ0v) is 11.5. The summed E-state index contributed by atoms with van der Waals surface area (Å²) in [6, 6.07) is 4.21. The first-order valence-corrected chi connectivity index (χ1v) is 6.18. The normalized spacial score (nSPS) is 10.5. The summed E-state index contributed by atoms with van der Waals surface area (Å²) in [5.41, 5.74) is 5.60. The van der Waals surface area contributed by atoms with Crippen molar-refractivity contribution in [3.8, 4) is 0 Å². The van der Waals surface area contributed by atoms with Gasteiger partial charge in [-0.3, -0.25) is 14.3 Å². The SMILES string of the molecule is Cc1cn(Cc2cc(C(N)=S)ccc2F)c(=O)[nH]c1=O. The predicted octanol–water partition coefficient (Wildman–Crippen LogP) is 0.667. The van der Waals surface area contributed by atoms with E-state index in [1.807, 2.05) is 0 Å². The fraction of sp³-hybridized carbons (Fsp3) is 0.154. The van der Waals surface area contributed by atoms with Gasteiger partial charge in [0.1, 0.15) is 10.8 Å². The van der Waals surface area contributed by atoms with Crippen LogP contribution in [0.2, 0.25) is 0 Å². The zero-order valence-electron chi connectivity index (χ0n) is 10.6. The van der Waals surface area contributed by atoms with Gasteiger partial charge in [0.25, 0.3) is 5.56 Å². The summed E-state index contributed by atoms with van der Waals surface area (Å²) in [6.45, 7) is 1.55. The van der Waals surface area contributed by atoms with Crippen molar-refractivity contribution in [1.29, 1.82) is 0 Å². The van der Waals surface area contributed by atoms with Crippen LogP contribution in [0.15, 0.2) is 34.0 Å². The average molecular weight is 293 g/mol. The third-order valence-electron chi connectivity index (χ3n) is 2.86. The lowest BCUT2D eigenvalue weighted by molar-refractivity contribution is 0.592. The molecule has 0 fully saturated rings. The molecule has 0 atom stereocenters. The third kappa shape index (κ3) is 2.83. The highest BCUT2D eigenvalue weighted by molar-refractivity contribution is 7.80. The van der Waals surface area contributed by atoms with E-state index in [0.717, 1.165) is 0 Å². The molecular formula is C13H12FN3O2S. The number of hydrogen-bond acceptors (Lipinski definition) is 3. The Morgan fingerprint density at radius 3 is 2.80 bits per heavy atom. The molecule has 3 N–H and O–H groups in total. The molecule has 1 heterocycles. The van der Waals surface area contributed by atoms with Gasteiger partial charge in [-0.15, -0.1) is 0 Å². The maximum Gasteiger partial charge on any atom is 0.328 e. The van der Waals surface area contributed by atoms with Crippen molar-refractivity contribution in [2.24, 2.45) is 5.73 Å². The Morgan fingerprint density at radius 1 is 1.45 bits per heavy atom. The van der Waals surface area contributed by atoms with E-state index in [2.05, 4.69) is 4.98 Å².